The molecule has 162 valence electrons. The Morgan fingerprint density at radius 3 is 2.44 bits per heavy atom. The Morgan fingerprint density at radius 1 is 1.09 bits per heavy atom. The molecule has 0 fully saturated rings. The van der Waals surface area contributed by atoms with Crippen LogP contribution in [0.2, 0.25) is 0 Å². The Hall–Kier alpha value is -3.72. The minimum atomic E-state index is -0.529. The highest BCUT2D eigenvalue weighted by Crippen LogP contribution is 2.23. The number of Topliss-reactive ketones (excluding diaryl/α,β-unsaturated/α-hetero) is 1. The van der Waals surface area contributed by atoms with E-state index in [1.54, 1.807) is 35.9 Å². The minimum absolute atomic E-state index is 0.0397. The first-order valence-electron chi connectivity index (χ1n) is 9.95. The van der Waals surface area contributed by atoms with E-state index in [-0.39, 0.29) is 17.2 Å². The lowest BCUT2D eigenvalue weighted by molar-refractivity contribution is -0.115. The first kappa shape index (κ1) is 21.5. The van der Waals surface area contributed by atoms with Crippen molar-refractivity contribution in [3.05, 3.63) is 76.2 Å². The molecule has 0 unspecified atom stereocenters. The third-order valence-corrected chi connectivity index (χ3v) is 5.90. The number of fused-ring (bicyclic) bond motifs is 1. The third kappa shape index (κ3) is 4.47. The normalized spacial score (nSPS) is 12.0. The van der Waals surface area contributed by atoms with Crippen molar-refractivity contribution in [3.8, 4) is 5.69 Å². The minimum Gasteiger partial charge on any atom is -0.325 e. The Morgan fingerprint density at radius 2 is 1.78 bits per heavy atom. The van der Waals surface area contributed by atoms with Crippen LogP contribution in [0.15, 0.2) is 64.7 Å². The summed E-state index contributed by atoms with van der Waals surface area (Å²) in [6.45, 7) is 5.21. The van der Waals surface area contributed by atoms with Gasteiger partial charge in [0.05, 0.1) is 17.1 Å². The van der Waals surface area contributed by atoms with Crippen molar-refractivity contribution in [2.75, 3.05) is 5.32 Å². The summed E-state index contributed by atoms with van der Waals surface area (Å²) < 4.78 is 1.61. The number of hydrogen-bond donors (Lipinski definition) is 2. The van der Waals surface area contributed by atoms with E-state index in [2.05, 4.69) is 20.4 Å². The van der Waals surface area contributed by atoms with Crippen molar-refractivity contribution >= 4 is 40.2 Å². The van der Waals surface area contributed by atoms with Crippen molar-refractivity contribution in [1.82, 2.24) is 19.7 Å². The van der Waals surface area contributed by atoms with Crippen LogP contribution < -0.4 is 10.9 Å². The van der Waals surface area contributed by atoms with Crippen molar-refractivity contribution < 1.29 is 9.59 Å². The molecule has 0 saturated heterocycles. The highest BCUT2D eigenvalue weighted by Gasteiger charge is 2.18. The number of benzene rings is 2. The van der Waals surface area contributed by atoms with Crippen molar-refractivity contribution in [2.45, 2.75) is 31.2 Å². The molecule has 0 aliphatic rings. The standard InChI is InChI=1S/C23H21N5O3S/c1-13-4-10-18(11-5-13)28-20-19(12-24-28)22(31)27-23(26-20)32-15(3)21(30)25-17-8-6-16(7-9-17)14(2)29/h4-12,15H,1-3H3,(H,25,30)(H,26,27,31)/t15-/m0/s1. The number of H-pyrrole nitrogens is 1. The van der Waals surface area contributed by atoms with Crippen LogP contribution in [-0.4, -0.2) is 36.7 Å². The number of anilines is 1. The number of ketones is 1. The van der Waals surface area contributed by atoms with Gasteiger partial charge in [-0.25, -0.2) is 9.67 Å². The topological polar surface area (TPSA) is 110 Å². The van der Waals surface area contributed by atoms with Crippen LogP contribution >= 0.6 is 11.8 Å². The molecule has 32 heavy (non-hydrogen) atoms. The van der Waals surface area contributed by atoms with E-state index < -0.39 is 5.25 Å². The van der Waals surface area contributed by atoms with Crippen molar-refractivity contribution in [1.29, 1.82) is 0 Å². The van der Waals surface area contributed by atoms with E-state index in [0.29, 0.717) is 27.4 Å². The first-order valence-corrected chi connectivity index (χ1v) is 10.8. The van der Waals surface area contributed by atoms with Gasteiger partial charge in [0.25, 0.3) is 5.56 Å². The van der Waals surface area contributed by atoms with Crippen LogP contribution in [0.4, 0.5) is 5.69 Å². The quantitative estimate of drug-likeness (QED) is 0.265. The van der Waals surface area contributed by atoms with Gasteiger partial charge in [0.15, 0.2) is 16.6 Å². The number of nitrogens with one attached hydrogen (secondary N) is 2. The number of aromatic nitrogens is 4. The molecule has 9 heteroatoms. The fraction of sp³-hybridized carbons (Fsp3) is 0.174. The van der Waals surface area contributed by atoms with Crippen LogP contribution in [0.25, 0.3) is 16.7 Å². The maximum absolute atomic E-state index is 12.6. The number of thioether (sulfide) groups is 1. The van der Waals surface area contributed by atoms with E-state index in [1.165, 1.54) is 13.1 Å². The lowest BCUT2D eigenvalue weighted by Crippen LogP contribution is -2.23. The van der Waals surface area contributed by atoms with E-state index >= 15 is 0 Å². The fourth-order valence-electron chi connectivity index (χ4n) is 3.08. The number of rotatable bonds is 6. The lowest BCUT2D eigenvalue weighted by Gasteiger charge is -2.12. The number of nitrogens with zero attached hydrogens (tertiary/aromatic N) is 3. The summed E-state index contributed by atoms with van der Waals surface area (Å²) >= 11 is 1.14. The van der Waals surface area contributed by atoms with Crippen LogP contribution in [0.5, 0.6) is 0 Å². The summed E-state index contributed by atoms with van der Waals surface area (Å²) in [7, 11) is 0. The molecule has 2 N–H and O–H groups in total. The summed E-state index contributed by atoms with van der Waals surface area (Å²) in [5.41, 5.74) is 3.17. The molecule has 0 aliphatic carbocycles. The second-order valence-corrected chi connectivity index (χ2v) is 8.71. The number of carbonyl (C=O) groups is 2. The van der Waals surface area contributed by atoms with Gasteiger partial charge in [0, 0.05) is 11.3 Å². The van der Waals surface area contributed by atoms with Gasteiger partial charge in [-0.3, -0.25) is 14.4 Å². The molecule has 2 aromatic carbocycles. The third-order valence-electron chi connectivity index (χ3n) is 4.91. The van der Waals surface area contributed by atoms with Crippen molar-refractivity contribution in [2.24, 2.45) is 0 Å². The first-order chi connectivity index (χ1) is 15.3. The van der Waals surface area contributed by atoms with Crippen LogP contribution in [-0.2, 0) is 4.79 Å². The van der Waals surface area contributed by atoms with E-state index in [0.717, 1.165) is 23.0 Å². The van der Waals surface area contributed by atoms with E-state index in [9.17, 15) is 14.4 Å². The summed E-state index contributed by atoms with van der Waals surface area (Å²) in [6, 6.07) is 14.4. The SMILES string of the molecule is CC(=O)c1ccc(NC(=O)[C@H](C)Sc2nc3c(cnn3-c3ccc(C)cc3)c(=O)[nH]2)cc1. The summed E-state index contributed by atoms with van der Waals surface area (Å²) in [5, 5.41) is 7.29. The summed E-state index contributed by atoms with van der Waals surface area (Å²) in [6.07, 6.45) is 1.48. The molecule has 4 rings (SSSR count). The van der Waals surface area contributed by atoms with Crippen LogP contribution in [0.3, 0.4) is 0 Å². The molecule has 0 aliphatic heterocycles. The Labute approximate surface area is 188 Å². The molecule has 1 atom stereocenters. The van der Waals surface area contributed by atoms with Gasteiger partial charge < -0.3 is 10.3 Å². The van der Waals surface area contributed by atoms with Gasteiger partial charge >= 0.3 is 0 Å². The molecule has 2 heterocycles. The number of amides is 1. The molecule has 2 aromatic heterocycles. The molecule has 0 spiro atoms. The molecular formula is C23H21N5O3S. The van der Waals surface area contributed by atoms with Crippen LogP contribution in [0, 0.1) is 6.92 Å². The van der Waals surface area contributed by atoms with Gasteiger partial charge in [-0.1, -0.05) is 29.5 Å². The Kier molecular flexibility index (Phi) is 5.91. The van der Waals surface area contributed by atoms with Gasteiger partial charge in [-0.05, 0) is 57.2 Å². The zero-order valence-corrected chi connectivity index (χ0v) is 18.6. The molecule has 0 radical (unpaired) electrons. The highest BCUT2D eigenvalue weighted by molar-refractivity contribution is 8.00. The largest absolute Gasteiger partial charge is 0.325 e. The molecule has 1 amide bonds. The number of aryl methyl sites for hydroxylation is 1. The van der Waals surface area contributed by atoms with Crippen LogP contribution in [0.1, 0.15) is 29.8 Å². The average molecular weight is 448 g/mol. The molecule has 8 nitrogen and oxygen atoms in total. The Balaban J connectivity index is 1.54. The number of carbonyl (C=O) groups excluding carboxylic acids is 2. The van der Waals surface area contributed by atoms with E-state index in [1.807, 2.05) is 31.2 Å². The van der Waals surface area contributed by atoms with Gasteiger partial charge in [0.1, 0.15) is 5.39 Å². The highest BCUT2D eigenvalue weighted by atomic mass is 32.2. The smallest absolute Gasteiger partial charge is 0.262 e. The maximum Gasteiger partial charge on any atom is 0.262 e. The van der Waals surface area contributed by atoms with E-state index in [4.69, 9.17) is 0 Å². The molecule has 0 bridgehead atoms. The predicted octanol–water partition coefficient (Wildman–Crippen LogP) is 3.74. The summed E-state index contributed by atoms with van der Waals surface area (Å²) in [5.74, 6) is -0.289. The number of aromatic amines is 1. The lowest BCUT2D eigenvalue weighted by atomic mass is 10.1. The van der Waals surface area contributed by atoms with Gasteiger partial charge in [-0.15, -0.1) is 0 Å². The fourth-order valence-corrected chi connectivity index (χ4v) is 3.87. The van der Waals surface area contributed by atoms with Crippen molar-refractivity contribution in [3.63, 3.8) is 0 Å². The maximum atomic E-state index is 12.6. The molecular weight excluding hydrogens is 426 g/mol. The molecule has 0 saturated carbocycles. The predicted molar refractivity (Wildman–Crippen MR) is 125 cm³/mol. The van der Waals surface area contributed by atoms with Gasteiger partial charge in [-0.2, -0.15) is 5.10 Å². The monoisotopic (exact) mass is 447 g/mol. The summed E-state index contributed by atoms with van der Waals surface area (Å²) in [4.78, 5) is 43.8. The van der Waals surface area contributed by atoms with Gasteiger partial charge in [0.2, 0.25) is 5.91 Å². The Bertz CT molecular complexity index is 1360. The molecule has 4 aromatic rings. The zero-order chi connectivity index (χ0) is 22.8. The average Bonchev–Trinajstić information content (AvgIpc) is 3.19. The second-order valence-electron chi connectivity index (χ2n) is 7.38. The number of hydrogen-bond acceptors (Lipinski definition) is 6. The zero-order valence-electron chi connectivity index (χ0n) is 17.7. The second kappa shape index (κ2) is 8.80.